The summed E-state index contributed by atoms with van der Waals surface area (Å²) in [4.78, 5) is 34.5. The minimum atomic E-state index is -0.130. The van der Waals surface area contributed by atoms with Gasteiger partial charge in [-0.1, -0.05) is 18.6 Å². The Morgan fingerprint density at radius 3 is 2.90 bits per heavy atom. The molecule has 0 bridgehead atoms. The number of thiophene rings is 1. The summed E-state index contributed by atoms with van der Waals surface area (Å²) >= 11 is 1.34. The van der Waals surface area contributed by atoms with Crippen LogP contribution < -0.4 is 15.8 Å². The Morgan fingerprint density at radius 2 is 2.03 bits per heavy atom. The lowest BCUT2D eigenvalue weighted by Crippen LogP contribution is -2.26. The second-order valence-corrected chi connectivity index (χ2v) is 9.70. The Hall–Kier alpha value is -2.67. The average Bonchev–Trinajstić information content (AvgIpc) is 2.93. The molecule has 0 radical (unpaired) electrons. The van der Waals surface area contributed by atoms with Crippen LogP contribution in [0.3, 0.4) is 0 Å². The van der Waals surface area contributed by atoms with Crippen molar-refractivity contribution in [3.8, 4) is 0 Å². The van der Waals surface area contributed by atoms with E-state index < -0.39 is 0 Å². The van der Waals surface area contributed by atoms with Gasteiger partial charge in [0.15, 0.2) is 0 Å². The van der Waals surface area contributed by atoms with Crippen molar-refractivity contribution in [2.45, 2.75) is 58.5 Å². The van der Waals surface area contributed by atoms with E-state index in [9.17, 15) is 9.59 Å². The van der Waals surface area contributed by atoms with Gasteiger partial charge in [0.1, 0.15) is 10.7 Å². The first-order chi connectivity index (χ1) is 15.0. The highest BCUT2D eigenvalue weighted by atomic mass is 32.1. The molecule has 7 heteroatoms. The predicted octanol–water partition coefficient (Wildman–Crippen LogP) is 3.81. The number of aromatic nitrogens is 2. The first-order valence-corrected chi connectivity index (χ1v) is 12.0. The summed E-state index contributed by atoms with van der Waals surface area (Å²) in [6, 6.07) is 6.44. The number of aryl methyl sites for hydroxylation is 3. The third kappa shape index (κ3) is 3.65. The largest absolute Gasteiger partial charge is 0.374 e. The molecular formula is C24H28N4O2S. The van der Waals surface area contributed by atoms with Gasteiger partial charge in [0.05, 0.1) is 10.3 Å². The quantitative estimate of drug-likeness (QED) is 0.678. The Kier molecular flexibility index (Phi) is 5.30. The van der Waals surface area contributed by atoms with Crippen molar-refractivity contribution in [2.24, 2.45) is 0 Å². The van der Waals surface area contributed by atoms with Gasteiger partial charge in [0.2, 0.25) is 0 Å². The van der Waals surface area contributed by atoms with Crippen molar-refractivity contribution >= 4 is 33.1 Å². The number of nitrogens with zero attached hydrogens (tertiary/aromatic N) is 3. The molecule has 2 aliphatic heterocycles. The molecule has 2 aliphatic rings. The Labute approximate surface area is 185 Å². The van der Waals surface area contributed by atoms with Gasteiger partial charge in [-0.15, -0.1) is 11.3 Å². The van der Waals surface area contributed by atoms with Gasteiger partial charge < -0.3 is 10.2 Å². The van der Waals surface area contributed by atoms with Gasteiger partial charge in [-0.3, -0.25) is 14.2 Å². The monoisotopic (exact) mass is 436 g/mol. The summed E-state index contributed by atoms with van der Waals surface area (Å²) in [6.07, 6.45) is 6.27. The predicted molar refractivity (Wildman–Crippen MR) is 125 cm³/mol. The highest BCUT2D eigenvalue weighted by Gasteiger charge is 2.22. The summed E-state index contributed by atoms with van der Waals surface area (Å²) in [5, 5.41) is 3.66. The molecule has 5 rings (SSSR count). The molecule has 4 heterocycles. The maximum absolute atomic E-state index is 13.1. The fraction of sp³-hybridized carbons (Fsp3) is 0.458. The van der Waals surface area contributed by atoms with E-state index in [0.717, 1.165) is 68.6 Å². The number of nitrogens with one attached hydrogen (secondary N) is 1. The number of carbonyl (C=O) groups is 1. The Morgan fingerprint density at radius 1 is 1.16 bits per heavy atom. The summed E-state index contributed by atoms with van der Waals surface area (Å²) in [6.45, 7) is 4.16. The van der Waals surface area contributed by atoms with Crippen molar-refractivity contribution in [1.29, 1.82) is 0 Å². The highest BCUT2D eigenvalue weighted by Crippen LogP contribution is 2.29. The van der Waals surface area contributed by atoms with Crippen LogP contribution in [0.1, 0.15) is 57.9 Å². The fourth-order valence-electron chi connectivity index (χ4n) is 4.84. The number of benzene rings is 1. The zero-order valence-electron chi connectivity index (χ0n) is 18.2. The molecular weight excluding hydrogens is 408 g/mol. The summed E-state index contributed by atoms with van der Waals surface area (Å²) in [7, 11) is 2.12. The number of carbonyl (C=O) groups excluding carboxylic acids is 1. The minimum Gasteiger partial charge on any atom is -0.374 e. The van der Waals surface area contributed by atoms with Crippen LogP contribution in [0.4, 0.5) is 5.69 Å². The molecule has 0 saturated heterocycles. The molecule has 6 nitrogen and oxygen atoms in total. The SMILES string of the molecule is Cc1c(C(=O)NCc2ccc3c(c2)CCCN3C)sc2nc3n(c(=O)c12)CCCCC3. The van der Waals surface area contributed by atoms with E-state index in [1.165, 1.54) is 22.6 Å². The zero-order valence-corrected chi connectivity index (χ0v) is 19.0. The van der Waals surface area contributed by atoms with Crippen molar-refractivity contribution in [2.75, 3.05) is 18.5 Å². The van der Waals surface area contributed by atoms with Crippen LogP contribution in [0, 0.1) is 6.92 Å². The fourth-order valence-corrected chi connectivity index (χ4v) is 5.94. The van der Waals surface area contributed by atoms with Gasteiger partial charge in [-0.2, -0.15) is 0 Å². The van der Waals surface area contributed by atoms with Gasteiger partial charge in [-0.25, -0.2) is 4.98 Å². The topological polar surface area (TPSA) is 67.2 Å². The van der Waals surface area contributed by atoms with Crippen LogP contribution in [0.15, 0.2) is 23.0 Å². The van der Waals surface area contributed by atoms with Gasteiger partial charge >= 0.3 is 0 Å². The van der Waals surface area contributed by atoms with Crippen LogP contribution >= 0.6 is 11.3 Å². The van der Waals surface area contributed by atoms with E-state index in [4.69, 9.17) is 4.98 Å². The second-order valence-electron chi connectivity index (χ2n) is 8.70. The molecule has 2 aromatic heterocycles. The van der Waals surface area contributed by atoms with Gasteiger partial charge in [0, 0.05) is 38.8 Å². The lowest BCUT2D eigenvalue weighted by Gasteiger charge is -2.27. The summed E-state index contributed by atoms with van der Waals surface area (Å²) < 4.78 is 1.82. The molecule has 0 atom stereocenters. The Balaban J connectivity index is 1.40. The molecule has 0 aliphatic carbocycles. The van der Waals surface area contributed by atoms with Crippen LogP contribution in [0.5, 0.6) is 0 Å². The molecule has 0 saturated carbocycles. The van der Waals surface area contributed by atoms with E-state index in [1.807, 2.05) is 11.5 Å². The zero-order chi connectivity index (χ0) is 21.5. The molecule has 0 unspecified atom stereocenters. The van der Waals surface area contributed by atoms with E-state index >= 15 is 0 Å². The minimum absolute atomic E-state index is 0.00788. The number of rotatable bonds is 3. The number of hydrogen-bond acceptors (Lipinski definition) is 5. The van der Waals surface area contributed by atoms with Crippen LogP contribution in [0.25, 0.3) is 10.2 Å². The van der Waals surface area contributed by atoms with E-state index in [0.29, 0.717) is 21.6 Å². The second kappa shape index (κ2) is 8.11. The van der Waals surface area contributed by atoms with Crippen molar-refractivity contribution in [1.82, 2.24) is 14.9 Å². The molecule has 3 aromatic rings. The van der Waals surface area contributed by atoms with Crippen molar-refractivity contribution < 1.29 is 4.79 Å². The smallest absolute Gasteiger partial charge is 0.262 e. The molecule has 162 valence electrons. The third-order valence-corrected chi connectivity index (χ3v) is 7.75. The van der Waals surface area contributed by atoms with E-state index in [-0.39, 0.29) is 11.5 Å². The maximum atomic E-state index is 13.1. The summed E-state index contributed by atoms with van der Waals surface area (Å²) in [5.41, 5.74) is 4.49. The number of fused-ring (bicyclic) bond motifs is 3. The normalized spacial score (nSPS) is 16.0. The lowest BCUT2D eigenvalue weighted by molar-refractivity contribution is 0.0954. The molecule has 1 aromatic carbocycles. The maximum Gasteiger partial charge on any atom is 0.262 e. The number of anilines is 1. The standard InChI is InChI=1S/C24H28N4O2S/c1-15-20-23(26-19-8-4-3-5-12-28(19)24(20)30)31-21(15)22(29)25-14-16-9-10-18-17(13-16)7-6-11-27(18)2/h9-10,13H,3-8,11-12,14H2,1-2H3,(H,25,29). The number of hydrogen-bond donors (Lipinski definition) is 1. The van der Waals surface area contributed by atoms with Crippen molar-refractivity contribution in [3.63, 3.8) is 0 Å². The molecule has 0 spiro atoms. The van der Waals surface area contributed by atoms with Gasteiger partial charge in [0.25, 0.3) is 11.5 Å². The summed E-state index contributed by atoms with van der Waals surface area (Å²) in [5.74, 6) is 0.733. The Bertz CT molecular complexity index is 1230. The highest BCUT2D eigenvalue weighted by molar-refractivity contribution is 7.20. The van der Waals surface area contributed by atoms with Crippen molar-refractivity contribution in [3.05, 3.63) is 55.9 Å². The lowest BCUT2D eigenvalue weighted by atomic mass is 9.99. The van der Waals surface area contributed by atoms with E-state index in [1.54, 1.807) is 0 Å². The third-order valence-electron chi connectivity index (χ3n) is 6.57. The van der Waals surface area contributed by atoms with Gasteiger partial charge in [-0.05, 0) is 55.4 Å². The first-order valence-electron chi connectivity index (χ1n) is 11.2. The molecule has 1 amide bonds. The van der Waals surface area contributed by atoms with Crippen LogP contribution in [-0.4, -0.2) is 29.1 Å². The molecule has 0 fully saturated rings. The first kappa shape index (κ1) is 20.2. The van der Waals surface area contributed by atoms with E-state index in [2.05, 4.69) is 35.5 Å². The molecule has 1 N–H and O–H groups in total. The van der Waals surface area contributed by atoms with Crippen LogP contribution in [0.2, 0.25) is 0 Å². The van der Waals surface area contributed by atoms with Crippen LogP contribution in [-0.2, 0) is 25.9 Å². The number of amides is 1. The average molecular weight is 437 g/mol. The molecule has 31 heavy (non-hydrogen) atoms.